The van der Waals surface area contributed by atoms with Crippen molar-refractivity contribution >= 4 is 35.1 Å². The van der Waals surface area contributed by atoms with Crippen LogP contribution in [0.3, 0.4) is 0 Å². The molecule has 0 spiro atoms. The standard InChI is InChI=1S/C20H27ClN2O5/c1-27-17-7-6-15(21)12-16(17)22-18(24)8-5-14-4-3-11-23(13-14)19(25)9-10-20(26)28-2/h6-7,12,14H,3-5,8-11,13H2,1-2H3,(H,22,24)/t14-/m1/s1. The van der Waals surface area contributed by atoms with Crippen molar-refractivity contribution in [1.29, 1.82) is 0 Å². The summed E-state index contributed by atoms with van der Waals surface area (Å²) in [6.07, 6.45) is 3.18. The Morgan fingerprint density at radius 2 is 2.00 bits per heavy atom. The third kappa shape index (κ3) is 6.71. The molecule has 0 aromatic heterocycles. The molecule has 1 saturated heterocycles. The fourth-order valence-corrected chi connectivity index (χ4v) is 3.49. The van der Waals surface area contributed by atoms with Crippen molar-refractivity contribution < 1.29 is 23.9 Å². The lowest BCUT2D eigenvalue weighted by Gasteiger charge is -2.32. The van der Waals surface area contributed by atoms with Crippen LogP contribution in [0, 0.1) is 5.92 Å². The van der Waals surface area contributed by atoms with Gasteiger partial charge in [-0.2, -0.15) is 0 Å². The number of piperidine rings is 1. The zero-order chi connectivity index (χ0) is 20.5. The largest absolute Gasteiger partial charge is 0.495 e. The highest BCUT2D eigenvalue weighted by Gasteiger charge is 2.24. The number of rotatable bonds is 8. The maximum Gasteiger partial charge on any atom is 0.306 e. The Labute approximate surface area is 170 Å². The van der Waals surface area contributed by atoms with Crippen LogP contribution in [-0.2, 0) is 19.1 Å². The fraction of sp³-hybridized carbons (Fsp3) is 0.550. The van der Waals surface area contributed by atoms with Gasteiger partial charge in [0.2, 0.25) is 11.8 Å². The summed E-state index contributed by atoms with van der Waals surface area (Å²) in [5.74, 6) is 0.286. The molecule has 0 bridgehead atoms. The van der Waals surface area contributed by atoms with Crippen LogP contribution in [0.25, 0.3) is 0 Å². The maximum absolute atomic E-state index is 12.3. The predicted molar refractivity (Wildman–Crippen MR) is 106 cm³/mol. The molecule has 1 heterocycles. The third-order valence-electron chi connectivity index (χ3n) is 4.86. The molecule has 1 N–H and O–H groups in total. The number of methoxy groups -OCH3 is 2. The number of nitrogens with one attached hydrogen (secondary N) is 1. The second-order valence-corrected chi connectivity index (χ2v) is 7.29. The van der Waals surface area contributed by atoms with Gasteiger partial charge in [-0.25, -0.2) is 0 Å². The Hall–Kier alpha value is -2.28. The lowest BCUT2D eigenvalue weighted by Crippen LogP contribution is -2.40. The van der Waals surface area contributed by atoms with E-state index in [1.165, 1.54) is 14.2 Å². The average Bonchev–Trinajstić information content (AvgIpc) is 2.70. The molecule has 154 valence electrons. The quantitative estimate of drug-likeness (QED) is 0.665. The van der Waals surface area contributed by atoms with E-state index in [9.17, 15) is 14.4 Å². The van der Waals surface area contributed by atoms with Gasteiger partial charge in [-0.1, -0.05) is 11.6 Å². The lowest BCUT2D eigenvalue weighted by atomic mass is 9.93. The van der Waals surface area contributed by atoms with Crippen molar-refractivity contribution in [3.63, 3.8) is 0 Å². The van der Waals surface area contributed by atoms with Crippen LogP contribution in [0.15, 0.2) is 18.2 Å². The topological polar surface area (TPSA) is 84.9 Å². The predicted octanol–water partition coefficient (Wildman–Crippen LogP) is 3.26. The first kappa shape index (κ1) is 22.0. The van der Waals surface area contributed by atoms with E-state index in [4.69, 9.17) is 16.3 Å². The van der Waals surface area contributed by atoms with Crippen molar-refractivity contribution in [2.24, 2.45) is 5.92 Å². The zero-order valence-electron chi connectivity index (χ0n) is 16.3. The first-order valence-electron chi connectivity index (χ1n) is 9.41. The van der Waals surface area contributed by atoms with Gasteiger partial charge in [0.15, 0.2) is 0 Å². The second kappa shape index (κ2) is 10.9. The molecule has 0 saturated carbocycles. The van der Waals surface area contributed by atoms with Gasteiger partial charge in [-0.05, 0) is 43.4 Å². The molecule has 1 aromatic carbocycles. The summed E-state index contributed by atoms with van der Waals surface area (Å²) in [6, 6.07) is 5.06. The molecule has 28 heavy (non-hydrogen) atoms. The molecule has 0 aliphatic carbocycles. The number of anilines is 1. The maximum atomic E-state index is 12.3. The van der Waals surface area contributed by atoms with Gasteiger partial charge < -0.3 is 19.7 Å². The molecule has 1 aromatic rings. The van der Waals surface area contributed by atoms with E-state index in [0.717, 1.165) is 12.8 Å². The minimum absolute atomic E-state index is 0.0387. The number of nitrogens with zero attached hydrogens (tertiary/aromatic N) is 1. The number of carbonyl (C=O) groups excluding carboxylic acids is 3. The molecule has 1 aliphatic rings. The molecule has 0 radical (unpaired) electrons. The Bertz CT molecular complexity index is 710. The van der Waals surface area contributed by atoms with Crippen LogP contribution in [0.2, 0.25) is 5.02 Å². The summed E-state index contributed by atoms with van der Waals surface area (Å²) in [5.41, 5.74) is 0.545. The number of likely N-dealkylation sites (tertiary alicyclic amines) is 1. The van der Waals surface area contributed by atoms with Crippen LogP contribution in [0.1, 0.15) is 38.5 Å². The van der Waals surface area contributed by atoms with Gasteiger partial charge in [0, 0.05) is 31.0 Å². The number of benzene rings is 1. The van der Waals surface area contributed by atoms with Gasteiger partial charge in [-0.15, -0.1) is 0 Å². The van der Waals surface area contributed by atoms with Crippen molar-refractivity contribution in [2.75, 3.05) is 32.6 Å². The number of esters is 1. The Kier molecular flexibility index (Phi) is 8.57. The Morgan fingerprint density at radius 3 is 2.71 bits per heavy atom. The van der Waals surface area contributed by atoms with E-state index in [1.54, 1.807) is 23.1 Å². The van der Waals surface area contributed by atoms with Gasteiger partial charge in [0.05, 0.1) is 26.3 Å². The summed E-state index contributed by atoms with van der Waals surface area (Å²) in [7, 11) is 2.85. The van der Waals surface area contributed by atoms with Crippen LogP contribution in [-0.4, -0.2) is 50.0 Å². The van der Waals surface area contributed by atoms with Crippen molar-refractivity contribution in [3.05, 3.63) is 23.2 Å². The number of hydrogen-bond donors (Lipinski definition) is 1. The minimum Gasteiger partial charge on any atom is -0.495 e. The monoisotopic (exact) mass is 410 g/mol. The number of ether oxygens (including phenoxy) is 2. The van der Waals surface area contributed by atoms with E-state index in [2.05, 4.69) is 10.1 Å². The molecule has 1 aliphatic heterocycles. The molecular formula is C20H27ClN2O5. The SMILES string of the molecule is COC(=O)CCC(=O)N1CCC[C@H](CCC(=O)Nc2cc(Cl)ccc2OC)C1. The lowest BCUT2D eigenvalue weighted by molar-refractivity contribution is -0.144. The normalized spacial score (nSPS) is 16.4. The summed E-state index contributed by atoms with van der Waals surface area (Å²) < 4.78 is 9.81. The van der Waals surface area contributed by atoms with Gasteiger partial charge in [-0.3, -0.25) is 14.4 Å². The van der Waals surface area contributed by atoms with Crippen LogP contribution < -0.4 is 10.1 Å². The van der Waals surface area contributed by atoms with Crippen LogP contribution >= 0.6 is 11.6 Å². The van der Waals surface area contributed by atoms with E-state index < -0.39 is 0 Å². The Morgan fingerprint density at radius 1 is 1.21 bits per heavy atom. The van der Waals surface area contributed by atoms with Crippen LogP contribution in [0.4, 0.5) is 5.69 Å². The van der Waals surface area contributed by atoms with E-state index in [1.807, 2.05) is 0 Å². The number of carbonyl (C=O) groups is 3. The Balaban J connectivity index is 1.80. The average molecular weight is 411 g/mol. The van der Waals surface area contributed by atoms with Crippen LogP contribution in [0.5, 0.6) is 5.75 Å². The first-order valence-corrected chi connectivity index (χ1v) is 9.78. The van der Waals surface area contributed by atoms with Gasteiger partial charge >= 0.3 is 5.97 Å². The molecule has 2 amide bonds. The first-order chi connectivity index (χ1) is 13.4. The molecular weight excluding hydrogens is 384 g/mol. The molecule has 1 atom stereocenters. The van der Waals surface area contributed by atoms with Crippen molar-refractivity contribution in [3.8, 4) is 5.75 Å². The molecule has 1 fully saturated rings. The molecule has 7 nitrogen and oxygen atoms in total. The highest BCUT2D eigenvalue weighted by atomic mass is 35.5. The van der Waals surface area contributed by atoms with Crippen molar-refractivity contribution in [2.45, 2.75) is 38.5 Å². The summed E-state index contributed by atoms with van der Waals surface area (Å²) >= 11 is 5.98. The molecule has 2 rings (SSSR count). The van der Waals surface area contributed by atoms with E-state index in [-0.39, 0.29) is 36.5 Å². The second-order valence-electron chi connectivity index (χ2n) is 6.86. The number of amides is 2. The molecule has 0 unspecified atom stereocenters. The van der Waals surface area contributed by atoms with E-state index >= 15 is 0 Å². The number of hydrogen-bond acceptors (Lipinski definition) is 5. The summed E-state index contributed by atoms with van der Waals surface area (Å²) in [5, 5.41) is 3.35. The number of halogens is 1. The molecule has 8 heteroatoms. The van der Waals surface area contributed by atoms with E-state index in [0.29, 0.717) is 42.4 Å². The van der Waals surface area contributed by atoms with Crippen molar-refractivity contribution in [1.82, 2.24) is 4.90 Å². The highest BCUT2D eigenvalue weighted by Crippen LogP contribution is 2.28. The fourth-order valence-electron chi connectivity index (χ4n) is 3.32. The minimum atomic E-state index is -0.380. The highest BCUT2D eigenvalue weighted by molar-refractivity contribution is 6.31. The van der Waals surface area contributed by atoms with Gasteiger partial charge in [0.25, 0.3) is 0 Å². The zero-order valence-corrected chi connectivity index (χ0v) is 17.1. The summed E-state index contributed by atoms with van der Waals surface area (Å²) in [6.45, 7) is 1.32. The third-order valence-corrected chi connectivity index (χ3v) is 5.09. The van der Waals surface area contributed by atoms with Gasteiger partial charge in [0.1, 0.15) is 5.75 Å². The smallest absolute Gasteiger partial charge is 0.306 e. The summed E-state index contributed by atoms with van der Waals surface area (Å²) in [4.78, 5) is 37.6.